The van der Waals surface area contributed by atoms with Gasteiger partial charge in [-0.15, -0.1) is 11.3 Å². The van der Waals surface area contributed by atoms with Gasteiger partial charge < -0.3 is 0 Å². The topological polar surface area (TPSA) is 41.5 Å². The van der Waals surface area contributed by atoms with Gasteiger partial charge in [0.15, 0.2) is 0 Å². The lowest BCUT2D eigenvalue weighted by molar-refractivity contribution is 0.0955. The first-order chi connectivity index (χ1) is 9.61. The summed E-state index contributed by atoms with van der Waals surface area (Å²) in [4.78, 5) is 14.3. The molecule has 0 atom stereocenters. The van der Waals surface area contributed by atoms with Gasteiger partial charge in [-0.25, -0.2) is 5.43 Å². The average molecular weight is 307 g/mol. The molecule has 1 aromatic carbocycles. The number of nitrogens with zero attached hydrogens (tertiary/aromatic N) is 1. The van der Waals surface area contributed by atoms with E-state index in [0.29, 0.717) is 10.6 Å². The Bertz CT molecular complexity index is 649. The molecule has 1 N–H and O–H groups in total. The van der Waals surface area contributed by atoms with Crippen molar-refractivity contribution in [1.29, 1.82) is 0 Å². The third-order valence-corrected chi connectivity index (χ3v) is 4.48. The zero-order chi connectivity index (χ0) is 14.5. The van der Waals surface area contributed by atoms with Crippen molar-refractivity contribution in [3.63, 3.8) is 0 Å². The van der Waals surface area contributed by atoms with Crippen molar-refractivity contribution in [3.8, 4) is 0 Å². The Balaban J connectivity index is 2.09. The number of thiophene rings is 1. The van der Waals surface area contributed by atoms with E-state index in [0.717, 1.165) is 17.0 Å². The molecule has 0 fully saturated rings. The monoisotopic (exact) mass is 306 g/mol. The first kappa shape index (κ1) is 14.8. The van der Waals surface area contributed by atoms with Crippen LogP contribution in [0.1, 0.15) is 34.0 Å². The Hall–Kier alpha value is -1.65. The Kier molecular flexibility index (Phi) is 4.93. The number of hydrogen-bond donors (Lipinski definition) is 1. The van der Waals surface area contributed by atoms with Crippen LogP contribution in [0, 0.1) is 0 Å². The van der Waals surface area contributed by atoms with Crippen molar-refractivity contribution in [2.45, 2.75) is 20.3 Å². The van der Waals surface area contributed by atoms with Crippen LogP contribution in [0.25, 0.3) is 0 Å². The van der Waals surface area contributed by atoms with Crippen LogP contribution in [0.5, 0.6) is 0 Å². The van der Waals surface area contributed by atoms with Gasteiger partial charge in [0.1, 0.15) is 0 Å². The maximum atomic E-state index is 12.0. The molecule has 0 aliphatic rings. The highest BCUT2D eigenvalue weighted by atomic mass is 35.5. The number of benzene rings is 1. The molecular formula is C15H15ClN2OS. The summed E-state index contributed by atoms with van der Waals surface area (Å²) in [6, 6.07) is 11.0. The van der Waals surface area contributed by atoms with Gasteiger partial charge in [0.2, 0.25) is 0 Å². The van der Waals surface area contributed by atoms with Crippen LogP contribution >= 0.6 is 22.9 Å². The second-order valence-electron chi connectivity index (χ2n) is 4.24. The summed E-state index contributed by atoms with van der Waals surface area (Å²) >= 11 is 7.65. The van der Waals surface area contributed by atoms with Gasteiger partial charge in [0, 0.05) is 4.88 Å². The first-order valence-electron chi connectivity index (χ1n) is 6.30. The predicted octanol–water partition coefficient (Wildman–Crippen LogP) is 4.12. The molecule has 20 heavy (non-hydrogen) atoms. The van der Waals surface area contributed by atoms with E-state index in [-0.39, 0.29) is 5.91 Å². The Labute approximate surface area is 127 Å². The minimum atomic E-state index is -0.303. The lowest BCUT2D eigenvalue weighted by Crippen LogP contribution is -2.19. The summed E-state index contributed by atoms with van der Waals surface area (Å²) in [5.74, 6) is -0.303. The van der Waals surface area contributed by atoms with Crippen LogP contribution in [-0.2, 0) is 6.42 Å². The summed E-state index contributed by atoms with van der Waals surface area (Å²) < 4.78 is 0. The van der Waals surface area contributed by atoms with E-state index >= 15 is 0 Å². The summed E-state index contributed by atoms with van der Waals surface area (Å²) in [5.41, 5.74) is 3.75. The Morgan fingerprint density at radius 1 is 1.30 bits per heavy atom. The maximum absolute atomic E-state index is 12.0. The highest BCUT2D eigenvalue weighted by Crippen LogP contribution is 2.18. The van der Waals surface area contributed by atoms with Crippen LogP contribution in [0.4, 0.5) is 0 Å². The predicted molar refractivity (Wildman–Crippen MR) is 84.8 cm³/mol. The Morgan fingerprint density at radius 2 is 2.05 bits per heavy atom. The molecule has 104 valence electrons. The standard InChI is InChI=1S/C15H15ClN2OS/c1-3-11-8-9-14(20-11)10(2)17-18-15(19)12-6-4-5-7-13(12)16/h4-9H,3H2,1-2H3,(H,18,19). The molecule has 1 heterocycles. The Morgan fingerprint density at radius 3 is 2.70 bits per heavy atom. The summed E-state index contributed by atoms with van der Waals surface area (Å²) in [5, 5.41) is 4.55. The first-order valence-corrected chi connectivity index (χ1v) is 7.49. The van der Waals surface area contributed by atoms with E-state index in [1.165, 1.54) is 4.88 Å². The minimum Gasteiger partial charge on any atom is -0.267 e. The van der Waals surface area contributed by atoms with Gasteiger partial charge in [-0.3, -0.25) is 4.79 Å². The molecule has 0 saturated heterocycles. The lowest BCUT2D eigenvalue weighted by Gasteiger charge is -2.03. The third kappa shape index (κ3) is 3.46. The van der Waals surface area contributed by atoms with Crippen LogP contribution in [0.3, 0.4) is 0 Å². The normalized spacial score (nSPS) is 11.4. The van der Waals surface area contributed by atoms with Crippen molar-refractivity contribution in [3.05, 3.63) is 56.7 Å². The zero-order valence-corrected chi connectivity index (χ0v) is 12.9. The molecule has 5 heteroatoms. The molecule has 0 aliphatic heterocycles. The van der Waals surface area contributed by atoms with Crippen LogP contribution in [-0.4, -0.2) is 11.6 Å². The molecule has 1 amide bonds. The highest BCUT2D eigenvalue weighted by Gasteiger charge is 2.09. The second-order valence-corrected chi connectivity index (χ2v) is 5.81. The third-order valence-electron chi connectivity index (χ3n) is 2.81. The number of carbonyl (C=O) groups excluding carboxylic acids is 1. The van der Waals surface area contributed by atoms with Gasteiger partial charge in [-0.1, -0.05) is 30.7 Å². The quantitative estimate of drug-likeness (QED) is 0.670. The number of hydrogen-bond acceptors (Lipinski definition) is 3. The fraction of sp³-hybridized carbons (Fsp3) is 0.200. The van der Waals surface area contributed by atoms with E-state index in [2.05, 4.69) is 23.5 Å². The molecular weight excluding hydrogens is 292 g/mol. The molecule has 0 radical (unpaired) electrons. The lowest BCUT2D eigenvalue weighted by atomic mass is 10.2. The zero-order valence-electron chi connectivity index (χ0n) is 11.3. The minimum absolute atomic E-state index is 0.303. The summed E-state index contributed by atoms with van der Waals surface area (Å²) in [7, 11) is 0. The molecule has 0 bridgehead atoms. The fourth-order valence-electron chi connectivity index (χ4n) is 1.66. The maximum Gasteiger partial charge on any atom is 0.272 e. The smallest absolute Gasteiger partial charge is 0.267 e. The largest absolute Gasteiger partial charge is 0.272 e. The highest BCUT2D eigenvalue weighted by molar-refractivity contribution is 7.14. The fourth-order valence-corrected chi connectivity index (χ4v) is 2.77. The molecule has 0 unspecified atom stereocenters. The number of amides is 1. The number of halogens is 1. The number of aryl methyl sites for hydroxylation is 1. The number of nitrogens with one attached hydrogen (secondary N) is 1. The van der Waals surface area contributed by atoms with Gasteiger partial charge in [0.25, 0.3) is 5.91 Å². The van der Waals surface area contributed by atoms with E-state index < -0.39 is 0 Å². The summed E-state index contributed by atoms with van der Waals surface area (Å²) in [6.07, 6.45) is 1.00. The van der Waals surface area contributed by atoms with E-state index in [9.17, 15) is 4.79 Å². The van der Waals surface area contributed by atoms with Crippen molar-refractivity contribution in [2.75, 3.05) is 0 Å². The second kappa shape index (κ2) is 6.68. The molecule has 0 spiro atoms. The van der Waals surface area contributed by atoms with Crippen molar-refractivity contribution < 1.29 is 4.79 Å². The number of carbonyl (C=O) groups is 1. The van der Waals surface area contributed by atoms with Crippen LogP contribution < -0.4 is 5.43 Å². The van der Waals surface area contributed by atoms with Crippen LogP contribution in [0.15, 0.2) is 41.5 Å². The summed E-state index contributed by atoms with van der Waals surface area (Å²) in [6.45, 7) is 3.99. The van der Waals surface area contributed by atoms with Gasteiger partial charge in [-0.2, -0.15) is 5.10 Å². The van der Waals surface area contributed by atoms with Crippen molar-refractivity contribution >= 4 is 34.6 Å². The molecule has 0 saturated carbocycles. The number of hydrazone groups is 1. The average Bonchev–Trinajstić information content (AvgIpc) is 2.94. The van der Waals surface area contributed by atoms with E-state index in [1.807, 2.05) is 13.0 Å². The van der Waals surface area contributed by atoms with Gasteiger partial charge in [0.05, 0.1) is 21.2 Å². The molecule has 1 aromatic heterocycles. The van der Waals surface area contributed by atoms with E-state index in [1.54, 1.807) is 35.6 Å². The van der Waals surface area contributed by atoms with Gasteiger partial charge in [-0.05, 0) is 37.6 Å². The van der Waals surface area contributed by atoms with Gasteiger partial charge >= 0.3 is 0 Å². The van der Waals surface area contributed by atoms with Crippen molar-refractivity contribution in [2.24, 2.45) is 5.10 Å². The van der Waals surface area contributed by atoms with Crippen LogP contribution in [0.2, 0.25) is 5.02 Å². The molecule has 0 aliphatic carbocycles. The molecule has 2 aromatic rings. The molecule has 2 rings (SSSR count). The van der Waals surface area contributed by atoms with Crippen molar-refractivity contribution in [1.82, 2.24) is 5.43 Å². The molecule has 3 nitrogen and oxygen atoms in total. The SMILES string of the molecule is CCc1ccc(C(C)=NNC(=O)c2ccccc2Cl)s1. The van der Waals surface area contributed by atoms with E-state index in [4.69, 9.17) is 11.6 Å². The number of rotatable bonds is 4.